The summed E-state index contributed by atoms with van der Waals surface area (Å²) >= 11 is 0. The Morgan fingerprint density at radius 1 is 1.13 bits per heavy atom. The van der Waals surface area contributed by atoms with Crippen LogP contribution in [-0.2, 0) is 23.2 Å². The Morgan fingerprint density at radius 2 is 1.87 bits per heavy atom. The third kappa shape index (κ3) is 6.20. The van der Waals surface area contributed by atoms with Crippen LogP contribution in [0.1, 0.15) is 45.5 Å². The second-order valence-electron chi connectivity index (χ2n) is 8.69. The number of hydrogen-bond acceptors (Lipinski definition) is 3. The van der Waals surface area contributed by atoms with Gasteiger partial charge in [0, 0.05) is 13.0 Å². The van der Waals surface area contributed by atoms with Gasteiger partial charge in [0.15, 0.2) is 0 Å². The van der Waals surface area contributed by atoms with E-state index in [4.69, 9.17) is 9.72 Å². The topological polar surface area (TPSA) is 56.2 Å². The molecule has 0 aliphatic carbocycles. The van der Waals surface area contributed by atoms with E-state index in [1.165, 1.54) is 5.56 Å². The van der Waals surface area contributed by atoms with E-state index in [9.17, 15) is 4.79 Å². The Kier molecular flexibility index (Phi) is 7.50. The van der Waals surface area contributed by atoms with Crippen molar-refractivity contribution >= 4 is 16.9 Å². The van der Waals surface area contributed by atoms with Crippen LogP contribution in [0.4, 0.5) is 0 Å². The van der Waals surface area contributed by atoms with Crippen molar-refractivity contribution in [2.45, 2.75) is 52.5 Å². The van der Waals surface area contributed by atoms with Crippen molar-refractivity contribution in [1.82, 2.24) is 14.9 Å². The number of amides is 1. The van der Waals surface area contributed by atoms with Crippen molar-refractivity contribution in [1.29, 1.82) is 0 Å². The molecule has 0 unspecified atom stereocenters. The normalized spacial score (nSPS) is 11.9. The molecule has 2 aromatic carbocycles. The fourth-order valence-corrected chi connectivity index (χ4v) is 3.54. The predicted octanol–water partition coefficient (Wildman–Crippen LogP) is 5.04. The van der Waals surface area contributed by atoms with Crippen molar-refractivity contribution in [2.24, 2.45) is 0 Å². The smallest absolute Gasteiger partial charge is 0.243 e. The number of para-hydroxylation sites is 2. The summed E-state index contributed by atoms with van der Waals surface area (Å²) in [6.07, 6.45) is 4.92. The molecule has 0 radical (unpaired) electrons. The largest absolute Gasteiger partial charge is 0.492 e. The molecular weight excluding hydrogens is 386 g/mol. The number of benzene rings is 2. The van der Waals surface area contributed by atoms with Crippen LogP contribution in [0.5, 0.6) is 5.75 Å². The van der Waals surface area contributed by atoms with Crippen LogP contribution in [0.3, 0.4) is 0 Å². The van der Waals surface area contributed by atoms with Gasteiger partial charge in [0.25, 0.3) is 0 Å². The van der Waals surface area contributed by atoms with Gasteiger partial charge in [-0.25, -0.2) is 4.98 Å². The van der Waals surface area contributed by atoms with Gasteiger partial charge in [0.2, 0.25) is 5.91 Å². The molecule has 1 heterocycles. The number of hydrogen-bond donors (Lipinski definition) is 1. The zero-order valence-electron chi connectivity index (χ0n) is 19.0. The van der Waals surface area contributed by atoms with Crippen molar-refractivity contribution in [3.05, 3.63) is 72.1 Å². The number of imidazole rings is 1. The fourth-order valence-electron chi connectivity index (χ4n) is 3.54. The first-order chi connectivity index (χ1) is 14.9. The molecule has 164 valence electrons. The number of allylic oxidation sites excluding steroid dienone is 1. The zero-order valence-corrected chi connectivity index (χ0v) is 19.0. The number of rotatable bonds is 9. The average molecular weight is 420 g/mol. The first-order valence-corrected chi connectivity index (χ1v) is 11.0. The van der Waals surface area contributed by atoms with Gasteiger partial charge in [-0.2, -0.15) is 0 Å². The first kappa shape index (κ1) is 22.6. The lowest BCUT2D eigenvalue weighted by atomic mass is 9.87. The SMILES string of the molecule is C/C=C\C(=O)NCCCc1nc2ccccc2n1CCOc1ccc(C(C)(C)C)cc1. The highest BCUT2D eigenvalue weighted by molar-refractivity contribution is 5.87. The number of aryl methyl sites for hydroxylation is 1. The van der Waals surface area contributed by atoms with E-state index >= 15 is 0 Å². The van der Waals surface area contributed by atoms with Crippen LogP contribution < -0.4 is 10.1 Å². The first-order valence-electron chi connectivity index (χ1n) is 11.0. The molecule has 3 aromatic rings. The highest BCUT2D eigenvalue weighted by Gasteiger charge is 2.13. The van der Waals surface area contributed by atoms with Gasteiger partial charge in [-0.3, -0.25) is 4.79 Å². The number of carbonyl (C=O) groups is 1. The van der Waals surface area contributed by atoms with E-state index in [-0.39, 0.29) is 11.3 Å². The van der Waals surface area contributed by atoms with Crippen molar-refractivity contribution in [3.8, 4) is 5.75 Å². The molecule has 3 rings (SSSR count). The number of nitrogens with one attached hydrogen (secondary N) is 1. The molecule has 0 aliphatic heterocycles. The molecule has 0 spiro atoms. The molecule has 1 aromatic heterocycles. The minimum Gasteiger partial charge on any atom is -0.492 e. The number of carbonyl (C=O) groups excluding carboxylic acids is 1. The third-order valence-corrected chi connectivity index (χ3v) is 5.23. The Morgan fingerprint density at radius 3 is 2.58 bits per heavy atom. The molecule has 31 heavy (non-hydrogen) atoms. The van der Waals surface area contributed by atoms with E-state index in [2.05, 4.69) is 48.9 Å². The molecule has 1 N–H and O–H groups in total. The summed E-state index contributed by atoms with van der Waals surface area (Å²) in [5.41, 5.74) is 3.53. The van der Waals surface area contributed by atoms with Gasteiger partial charge in [-0.1, -0.05) is 51.1 Å². The minimum atomic E-state index is -0.0538. The van der Waals surface area contributed by atoms with Gasteiger partial charge in [0.1, 0.15) is 18.2 Å². The van der Waals surface area contributed by atoms with Crippen molar-refractivity contribution < 1.29 is 9.53 Å². The maximum Gasteiger partial charge on any atom is 0.243 e. The van der Waals surface area contributed by atoms with E-state index in [1.54, 1.807) is 12.2 Å². The van der Waals surface area contributed by atoms with Crippen molar-refractivity contribution in [3.63, 3.8) is 0 Å². The van der Waals surface area contributed by atoms with Crippen LogP contribution >= 0.6 is 0 Å². The summed E-state index contributed by atoms with van der Waals surface area (Å²) in [4.78, 5) is 16.4. The van der Waals surface area contributed by atoms with Gasteiger partial charge in [-0.05, 0) is 54.7 Å². The lowest BCUT2D eigenvalue weighted by molar-refractivity contribution is -0.116. The number of fused-ring (bicyclic) bond motifs is 1. The lowest BCUT2D eigenvalue weighted by Gasteiger charge is -2.19. The molecular formula is C26H33N3O2. The van der Waals surface area contributed by atoms with Crippen LogP contribution in [0.2, 0.25) is 0 Å². The zero-order chi connectivity index (χ0) is 22.3. The highest BCUT2D eigenvalue weighted by Crippen LogP contribution is 2.24. The summed E-state index contributed by atoms with van der Waals surface area (Å²) < 4.78 is 8.25. The fraction of sp³-hybridized carbons (Fsp3) is 0.385. The molecule has 0 fully saturated rings. The van der Waals surface area contributed by atoms with E-state index < -0.39 is 0 Å². The van der Waals surface area contributed by atoms with Crippen LogP contribution in [-0.4, -0.2) is 28.6 Å². The Bertz CT molecular complexity index is 1030. The van der Waals surface area contributed by atoms with Gasteiger partial charge >= 0.3 is 0 Å². The second kappa shape index (κ2) is 10.3. The maximum absolute atomic E-state index is 11.6. The number of aromatic nitrogens is 2. The molecule has 5 nitrogen and oxygen atoms in total. The van der Waals surface area contributed by atoms with E-state index in [1.807, 2.05) is 37.3 Å². The Labute approximate surface area is 185 Å². The predicted molar refractivity (Wildman–Crippen MR) is 127 cm³/mol. The van der Waals surface area contributed by atoms with E-state index in [0.717, 1.165) is 42.0 Å². The molecule has 0 saturated heterocycles. The molecule has 0 bridgehead atoms. The maximum atomic E-state index is 11.6. The third-order valence-electron chi connectivity index (χ3n) is 5.23. The molecule has 0 saturated carbocycles. The Balaban J connectivity index is 1.62. The summed E-state index contributed by atoms with van der Waals surface area (Å²) in [5, 5.41) is 2.90. The minimum absolute atomic E-state index is 0.0538. The van der Waals surface area contributed by atoms with Gasteiger partial charge < -0.3 is 14.6 Å². The summed E-state index contributed by atoms with van der Waals surface area (Å²) in [7, 11) is 0. The van der Waals surface area contributed by atoms with Crippen LogP contribution in [0.15, 0.2) is 60.7 Å². The number of nitrogens with zero attached hydrogens (tertiary/aromatic N) is 2. The summed E-state index contributed by atoms with van der Waals surface area (Å²) in [5.74, 6) is 1.85. The van der Waals surface area contributed by atoms with Crippen molar-refractivity contribution in [2.75, 3.05) is 13.2 Å². The van der Waals surface area contributed by atoms with E-state index in [0.29, 0.717) is 13.2 Å². The quantitative estimate of drug-likeness (QED) is 0.391. The monoisotopic (exact) mass is 419 g/mol. The molecule has 1 amide bonds. The molecule has 0 aliphatic rings. The summed E-state index contributed by atoms with van der Waals surface area (Å²) in [6, 6.07) is 16.5. The second-order valence-corrected chi connectivity index (χ2v) is 8.69. The molecule has 5 heteroatoms. The van der Waals surface area contributed by atoms with Crippen LogP contribution in [0.25, 0.3) is 11.0 Å². The highest BCUT2D eigenvalue weighted by atomic mass is 16.5. The lowest BCUT2D eigenvalue weighted by Crippen LogP contribution is -2.23. The molecule has 0 atom stereocenters. The van der Waals surface area contributed by atoms with Gasteiger partial charge in [-0.15, -0.1) is 0 Å². The number of ether oxygens (including phenoxy) is 1. The van der Waals surface area contributed by atoms with Gasteiger partial charge in [0.05, 0.1) is 17.6 Å². The van der Waals surface area contributed by atoms with Crippen LogP contribution in [0, 0.1) is 0 Å². The summed E-state index contributed by atoms with van der Waals surface area (Å²) in [6.45, 7) is 10.4. The Hall–Kier alpha value is -3.08. The standard InChI is InChI=1S/C26H33N3O2/c1-5-9-25(30)27-17-8-12-24-28-22-10-6-7-11-23(22)29(24)18-19-31-21-15-13-20(14-16-21)26(2,3)4/h5-7,9-11,13-16H,8,12,17-19H2,1-4H3,(H,27,30)/b9-5-. The average Bonchev–Trinajstić information content (AvgIpc) is 3.09.